The van der Waals surface area contributed by atoms with E-state index in [1.165, 1.54) is 17.7 Å². The number of fused-ring (bicyclic) bond motifs is 1. The zero-order valence-electron chi connectivity index (χ0n) is 21.8. The molecular weight excluding hydrogens is 510 g/mol. The first kappa shape index (κ1) is 28.9. The number of hydrogen-bond acceptors (Lipinski definition) is 6. The normalized spacial score (nSPS) is 18.1. The van der Waals surface area contributed by atoms with E-state index in [0.717, 1.165) is 23.1 Å². The van der Waals surface area contributed by atoms with E-state index in [0.29, 0.717) is 17.9 Å². The number of carbonyl (C=O) groups is 1. The van der Waals surface area contributed by atoms with Gasteiger partial charge in [0, 0.05) is 28.4 Å². The number of nitrogens with one attached hydrogen (secondary N) is 1. The SMILES string of the molecule is CCc1ccc(CN[C@@H]2c3cc(C(C)=O)ccc3OC(C)(C)[C@H]2O)cc1.Cc1cccc(S(=O)(=O)Cl)c1. The van der Waals surface area contributed by atoms with Gasteiger partial charge in [0.2, 0.25) is 0 Å². The fourth-order valence-electron chi connectivity index (χ4n) is 4.13. The summed E-state index contributed by atoms with van der Waals surface area (Å²) in [4.78, 5) is 11.9. The van der Waals surface area contributed by atoms with E-state index in [1.54, 1.807) is 19.1 Å². The van der Waals surface area contributed by atoms with Gasteiger partial charge in [0.1, 0.15) is 17.5 Å². The third kappa shape index (κ3) is 7.42. The van der Waals surface area contributed by atoms with E-state index in [4.69, 9.17) is 15.4 Å². The number of Topliss-reactive ketones (excluding diaryl/α,β-unsaturated/α-hetero) is 1. The van der Waals surface area contributed by atoms with Crippen LogP contribution in [0.3, 0.4) is 0 Å². The van der Waals surface area contributed by atoms with Crippen LogP contribution in [0.1, 0.15) is 66.3 Å². The lowest BCUT2D eigenvalue weighted by Gasteiger charge is -2.42. The highest BCUT2D eigenvalue weighted by atomic mass is 35.7. The Balaban J connectivity index is 0.000000289. The predicted octanol–water partition coefficient (Wildman–Crippen LogP) is 5.74. The van der Waals surface area contributed by atoms with Crippen LogP contribution in [0.4, 0.5) is 0 Å². The van der Waals surface area contributed by atoms with Gasteiger partial charge in [-0.05, 0) is 81.1 Å². The lowest BCUT2D eigenvalue weighted by atomic mass is 9.85. The molecule has 8 heteroatoms. The van der Waals surface area contributed by atoms with Gasteiger partial charge in [-0.3, -0.25) is 4.79 Å². The number of benzene rings is 3. The van der Waals surface area contributed by atoms with Gasteiger partial charge in [0.05, 0.1) is 10.9 Å². The molecule has 1 aliphatic heterocycles. The summed E-state index contributed by atoms with van der Waals surface area (Å²) < 4.78 is 27.5. The molecular formula is C29H34ClNO5S. The molecule has 0 saturated heterocycles. The molecule has 1 heterocycles. The molecule has 37 heavy (non-hydrogen) atoms. The maximum atomic E-state index is 11.8. The standard InChI is InChI=1S/C22H27NO3.C7H7ClO2S/c1-5-15-6-8-16(9-7-15)13-23-20-18-12-17(14(2)24)10-11-19(18)26-22(3,4)21(20)25;1-6-3-2-4-7(5-6)11(8,9)10/h6-12,20-21,23,25H,5,13H2,1-4H3;2-5H,1H3/t20-,21+;/m1./s1. The van der Waals surface area contributed by atoms with Crippen LogP contribution in [0.25, 0.3) is 0 Å². The topological polar surface area (TPSA) is 92.7 Å². The van der Waals surface area contributed by atoms with Crippen LogP contribution in [0.5, 0.6) is 5.75 Å². The summed E-state index contributed by atoms with van der Waals surface area (Å²) in [6.07, 6.45) is 0.286. The maximum Gasteiger partial charge on any atom is 0.261 e. The molecule has 0 aliphatic carbocycles. The van der Waals surface area contributed by atoms with Crippen molar-refractivity contribution in [3.8, 4) is 5.75 Å². The van der Waals surface area contributed by atoms with E-state index in [9.17, 15) is 18.3 Å². The molecule has 0 amide bonds. The quantitative estimate of drug-likeness (QED) is 0.304. The van der Waals surface area contributed by atoms with E-state index >= 15 is 0 Å². The first-order valence-corrected chi connectivity index (χ1v) is 14.5. The number of rotatable bonds is 6. The second-order valence-corrected chi connectivity index (χ2v) is 12.3. The highest BCUT2D eigenvalue weighted by Gasteiger charge is 2.42. The van der Waals surface area contributed by atoms with Crippen molar-refractivity contribution in [3.05, 3.63) is 94.5 Å². The molecule has 6 nitrogen and oxygen atoms in total. The monoisotopic (exact) mass is 543 g/mol. The average molecular weight is 544 g/mol. The van der Waals surface area contributed by atoms with Gasteiger partial charge >= 0.3 is 0 Å². The molecule has 0 bridgehead atoms. The largest absolute Gasteiger partial charge is 0.485 e. The Morgan fingerprint density at radius 1 is 1.05 bits per heavy atom. The summed E-state index contributed by atoms with van der Waals surface area (Å²) in [7, 11) is 1.55. The fraction of sp³-hybridized carbons (Fsp3) is 0.345. The average Bonchev–Trinajstić information content (AvgIpc) is 2.84. The third-order valence-corrected chi connectivity index (χ3v) is 7.73. The summed E-state index contributed by atoms with van der Waals surface area (Å²) in [6, 6.07) is 20.1. The molecule has 0 spiro atoms. The van der Waals surface area contributed by atoms with Gasteiger partial charge in [-0.2, -0.15) is 0 Å². The first-order valence-electron chi connectivity index (χ1n) is 12.2. The van der Waals surface area contributed by atoms with Gasteiger partial charge < -0.3 is 15.2 Å². The number of hydrogen-bond donors (Lipinski definition) is 2. The van der Waals surface area contributed by atoms with Crippen LogP contribution in [0.2, 0.25) is 0 Å². The van der Waals surface area contributed by atoms with E-state index in [-0.39, 0.29) is 16.7 Å². The van der Waals surface area contributed by atoms with Crippen molar-refractivity contribution >= 4 is 25.5 Å². The molecule has 2 atom stereocenters. The Hall–Kier alpha value is -2.71. The second kappa shape index (κ2) is 11.8. The summed E-state index contributed by atoms with van der Waals surface area (Å²) >= 11 is 0. The Bertz CT molecular complexity index is 1350. The van der Waals surface area contributed by atoms with Crippen LogP contribution in [0.15, 0.2) is 71.6 Å². The van der Waals surface area contributed by atoms with Gasteiger partial charge in [-0.1, -0.05) is 43.3 Å². The number of halogens is 1. The van der Waals surface area contributed by atoms with Crippen LogP contribution in [-0.2, 0) is 22.0 Å². The van der Waals surface area contributed by atoms with Crippen LogP contribution < -0.4 is 10.1 Å². The van der Waals surface area contributed by atoms with E-state index in [1.807, 2.05) is 39.0 Å². The number of aliphatic hydroxyl groups is 1. The predicted molar refractivity (Wildman–Crippen MR) is 147 cm³/mol. The number of ether oxygens (including phenoxy) is 1. The van der Waals surface area contributed by atoms with Gasteiger partial charge in [0.15, 0.2) is 5.78 Å². The molecule has 3 aromatic carbocycles. The second-order valence-electron chi connectivity index (χ2n) is 9.74. The lowest BCUT2D eigenvalue weighted by Crippen LogP contribution is -2.52. The van der Waals surface area contributed by atoms with Crippen molar-refractivity contribution in [2.75, 3.05) is 0 Å². The zero-order valence-corrected chi connectivity index (χ0v) is 23.4. The molecule has 0 radical (unpaired) electrons. The summed E-state index contributed by atoms with van der Waals surface area (Å²) in [5.41, 5.74) is 4.08. The molecule has 1 aliphatic rings. The Morgan fingerprint density at radius 3 is 2.24 bits per heavy atom. The number of carbonyl (C=O) groups excluding carboxylic acids is 1. The zero-order chi connectivity index (χ0) is 27.4. The van der Waals surface area contributed by atoms with Crippen molar-refractivity contribution in [3.63, 3.8) is 0 Å². The minimum atomic E-state index is -3.55. The van der Waals surface area contributed by atoms with Crippen molar-refractivity contribution in [2.24, 2.45) is 0 Å². The highest BCUT2D eigenvalue weighted by molar-refractivity contribution is 8.13. The van der Waals surface area contributed by atoms with Gasteiger partial charge in [-0.15, -0.1) is 0 Å². The van der Waals surface area contributed by atoms with Crippen LogP contribution in [0, 0.1) is 6.92 Å². The summed E-state index contributed by atoms with van der Waals surface area (Å²) in [5, 5.41) is 14.3. The van der Waals surface area contributed by atoms with Gasteiger partial charge in [0.25, 0.3) is 9.05 Å². The van der Waals surface area contributed by atoms with Crippen LogP contribution >= 0.6 is 10.7 Å². The molecule has 0 saturated carbocycles. The molecule has 0 fully saturated rings. The molecule has 0 aromatic heterocycles. The van der Waals surface area contributed by atoms with E-state index < -0.39 is 20.8 Å². The first-order chi connectivity index (χ1) is 17.3. The van der Waals surface area contributed by atoms with E-state index in [2.05, 4.69) is 36.5 Å². The smallest absolute Gasteiger partial charge is 0.261 e. The minimum Gasteiger partial charge on any atom is -0.485 e. The maximum absolute atomic E-state index is 11.8. The lowest BCUT2D eigenvalue weighted by molar-refractivity contribution is -0.0649. The van der Waals surface area contributed by atoms with Crippen LogP contribution in [-0.4, -0.2) is 31.0 Å². The van der Waals surface area contributed by atoms with Crippen molar-refractivity contribution in [1.29, 1.82) is 0 Å². The van der Waals surface area contributed by atoms with Crippen molar-refractivity contribution in [1.82, 2.24) is 5.32 Å². The molecule has 2 N–H and O–H groups in total. The Kier molecular flexibility index (Phi) is 9.18. The molecule has 0 unspecified atom stereocenters. The van der Waals surface area contributed by atoms with Crippen molar-refractivity contribution < 1.29 is 23.1 Å². The Labute approximate surface area is 224 Å². The number of aliphatic hydroxyl groups excluding tert-OH is 1. The fourth-order valence-corrected chi connectivity index (χ4v) is 4.98. The van der Waals surface area contributed by atoms with Gasteiger partial charge in [-0.25, -0.2) is 8.42 Å². The molecule has 4 rings (SSSR count). The minimum absolute atomic E-state index is 0.000952. The third-order valence-electron chi connectivity index (χ3n) is 6.38. The Morgan fingerprint density at radius 2 is 1.70 bits per heavy atom. The highest BCUT2D eigenvalue weighted by Crippen LogP contribution is 2.40. The number of aryl methyl sites for hydroxylation is 2. The van der Waals surface area contributed by atoms with Crippen molar-refractivity contribution in [2.45, 2.75) is 70.2 Å². The molecule has 198 valence electrons. The number of ketones is 1. The summed E-state index contributed by atoms with van der Waals surface area (Å²) in [6.45, 7) is 9.88. The summed E-state index contributed by atoms with van der Waals surface area (Å²) in [5.74, 6) is 0.713. The molecule has 3 aromatic rings.